The smallest absolute Gasteiger partial charge is 0.239 e. The van der Waals surface area contributed by atoms with Crippen molar-refractivity contribution >= 4 is 15.9 Å². The van der Waals surface area contributed by atoms with Gasteiger partial charge < -0.3 is 0 Å². The molecule has 1 saturated carbocycles. The van der Waals surface area contributed by atoms with Gasteiger partial charge in [-0.1, -0.05) is 29.8 Å². The molecule has 24 heavy (non-hydrogen) atoms. The second kappa shape index (κ2) is 6.36. The van der Waals surface area contributed by atoms with Crippen LogP contribution in [-0.2, 0) is 20.6 Å². The van der Waals surface area contributed by atoms with Gasteiger partial charge in [-0.25, -0.2) is 8.42 Å². The zero-order chi connectivity index (χ0) is 17.3. The molecule has 0 radical (unpaired) electrons. The largest absolute Gasteiger partial charge is 0.274 e. The summed E-state index contributed by atoms with van der Waals surface area (Å²) >= 11 is 0. The molecule has 6 heteroatoms. The van der Waals surface area contributed by atoms with Gasteiger partial charge in [-0.15, -0.1) is 0 Å². The number of amides is 1. The summed E-state index contributed by atoms with van der Waals surface area (Å²) in [6.45, 7) is 3.78. The third kappa shape index (κ3) is 3.82. The lowest BCUT2D eigenvalue weighted by Crippen LogP contribution is -2.33. The number of carbonyl (C=O) groups excluding carboxylic acids is 1. The summed E-state index contributed by atoms with van der Waals surface area (Å²) in [4.78, 5) is 16.3. The molecule has 1 N–H and O–H groups in total. The van der Waals surface area contributed by atoms with Gasteiger partial charge in [0.05, 0.1) is 5.75 Å². The average molecular weight is 344 g/mol. The van der Waals surface area contributed by atoms with Crippen LogP contribution >= 0.6 is 0 Å². The van der Waals surface area contributed by atoms with Crippen molar-refractivity contribution in [1.29, 1.82) is 0 Å². The summed E-state index contributed by atoms with van der Waals surface area (Å²) in [5.74, 6) is -0.831. The fourth-order valence-corrected chi connectivity index (χ4v) is 4.12. The second-order valence-electron chi connectivity index (χ2n) is 6.39. The standard InChI is InChI=1S/C18H20N2O3S/c1-12-5-6-13(2)15(8-12)11-24(22,23)20-18(21)17-9-16(17)14-4-3-7-19-10-14/h3-8,10,16-17H,9,11H2,1-2H3,(H,20,21)/t16-,17+/m0/s1. The normalized spacial score (nSPS) is 19.8. The minimum Gasteiger partial charge on any atom is -0.274 e. The van der Waals surface area contributed by atoms with Gasteiger partial charge >= 0.3 is 0 Å². The van der Waals surface area contributed by atoms with Crippen molar-refractivity contribution in [2.75, 3.05) is 0 Å². The first-order valence-corrected chi connectivity index (χ1v) is 9.51. The van der Waals surface area contributed by atoms with Crippen LogP contribution in [-0.4, -0.2) is 19.3 Å². The van der Waals surface area contributed by atoms with Gasteiger partial charge in [0, 0.05) is 18.3 Å². The number of nitrogens with zero attached hydrogens (tertiary/aromatic N) is 1. The van der Waals surface area contributed by atoms with Crippen molar-refractivity contribution in [3.63, 3.8) is 0 Å². The monoisotopic (exact) mass is 344 g/mol. The summed E-state index contributed by atoms with van der Waals surface area (Å²) in [6, 6.07) is 9.40. The van der Waals surface area contributed by atoms with Gasteiger partial charge in [-0.05, 0) is 48.9 Å². The lowest BCUT2D eigenvalue weighted by Gasteiger charge is -2.10. The zero-order valence-corrected chi connectivity index (χ0v) is 14.5. The molecule has 0 aliphatic heterocycles. The van der Waals surface area contributed by atoms with Crippen molar-refractivity contribution in [1.82, 2.24) is 9.71 Å². The number of carbonyl (C=O) groups is 1. The predicted octanol–water partition coefficient (Wildman–Crippen LogP) is 2.45. The van der Waals surface area contributed by atoms with Crippen LogP contribution in [0.5, 0.6) is 0 Å². The van der Waals surface area contributed by atoms with Crippen LogP contribution in [0, 0.1) is 19.8 Å². The molecular weight excluding hydrogens is 324 g/mol. The summed E-state index contributed by atoms with van der Waals surface area (Å²) in [6.07, 6.45) is 4.06. The molecule has 2 atom stereocenters. The summed E-state index contributed by atoms with van der Waals surface area (Å²) in [7, 11) is -3.70. The van der Waals surface area contributed by atoms with Crippen LogP contribution in [0.2, 0.25) is 0 Å². The van der Waals surface area contributed by atoms with Crippen molar-refractivity contribution in [3.05, 3.63) is 65.0 Å². The Bertz CT molecular complexity index is 863. The molecule has 1 aromatic heterocycles. The van der Waals surface area contributed by atoms with Crippen LogP contribution in [0.25, 0.3) is 0 Å². The number of sulfonamides is 1. The Morgan fingerprint density at radius 2 is 2.08 bits per heavy atom. The number of benzene rings is 1. The molecule has 0 saturated heterocycles. The molecule has 1 heterocycles. The number of aromatic nitrogens is 1. The Kier molecular flexibility index (Phi) is 4.41. The van der Waals surface area contributed by atoms with Crippen LogP contribution in [0.4, 0.5) is 0 Å². The SMILES string of the molecule is Cc1ccc(C)c(CS(=O)(=O)NC(=O)[C@@H]2C[C@H]2c2cccnc2)c1. The number of hydrogen-bond donors (Lipinski definition) is 1. The minimum atomic E-state index is -3.70. The van der Waals surface area contributed by atoms with E-state index in [9.17, 15) is 13.2 Å². The number of nitrogens with one attached hydrogen (secondary N) is 1. The van der Waals surface area contributed by atoms with Crippen LogP contribution < -0.4 is 4.72 Å². The van der Waals surface area contributed by atoms with Crippen molar-refractivity contribution in [2.24, 2.45) is 5.92 Å². The number of rotatable bonds is 5. The van der Waals surface area contributed by atoms with Gasteiger partial charge in [0.25, 0.3) is 0 Å². The Morgan fingerprint density at radius 3 is 2.79 bits per heavy atom. The van der Waals surface area contributed by atoms with Crippen molar-refractivity contribution < 1.29 is 13.2 Å². The Balaban J connectivity index is 1.65. The quantitative estimate of drug-likeness (QED) is 0.904. The highest BCUT2D eigenvalue weighted by molar-refractivity contribution is 7.89. The summed E-state index contributed by atoms with van der Waals surface area (Å²) in [5, 5.41) is 0. The lowest BCUT2D eigenvalue weighted by atomic mass is 10.1. The summed E-state index contributed by atoms with van der Waals surface area (Å²) in [5.41, 5.74) is 3.59. The molecule has 2 aromatic rings. The third-order valence-corrected chi connectivity index (χ3v) is 5.55. The van der Waals surface area contributed by atoms with E-state index >= 15 is 0 Å². The van der Waals surface area contributed by atoms with E-state index in [-0.39, 0.29) is 17.6 Å². The first kappa shape index (κ1) is 16.6. The van der Waals surface area contributed by atoms with Crippen molar-refractivity contribution in [3.8, 4) is 0 Å². The van der Waals surface area contributed by atoms with E-state index in [4.69, 9.17) is 0 Å². The van der Waals surface area contributed by atoms with E-state index in [0.717, 1.165) is 22.3 Å². The molecule has 1 aliphatic rings. The molecule has 3 rings (SSSR count). The van der Waals surface area contributed by atoms with E-state index in [0.29, 0.717) is 6.42 Å². The van der Waals surface area contributed by atoms with Gasteiger partial charge in [0.15, 0.2) is 0 Å². The summed E-state index contributed by atoms with van der Waals surface area (Å²) < 4.78 is 26.8. The van der Waals surface area contributed by atoms with E-state index in [2.05, 4.69) is 9.71 Å². The minimum absolute atomic E-state index is 0.0644. The number of pyridine rings is 1. The maximum atomic E-state index is 12.3. The molecule has 1 aliphatic carbocycles. The first-order chi connectivity index (χ1) is 11.4. The van der Waals surface area contributed by atoms with E-state index in [1.807, 2.05) is 44.2 Å². The molecule has 0 bridgehead atoms. The predicted molar refractivity (Wildman–Crippen MR) is 91.8 cm³/mol. The number of hydrogen-bond acceptors (Lipinski definition) is 4. The number of aryl methyl sites for hydroxylation is 2. The molecule has 0 unspecified atom stereocenters. The topological polar surface area (TPSA) is 76.1 Å². The molecule has 1 fully saturated rings. The van der Waals surface area contributed by atoms with Crippen molar-refractivity contribution in [2.45, 2.75) is 31.9 Å². The van der Waals surface area contributed by atoms with Gasteiger partial charge in [-0.3, -0.25) is 14.5 Å². The highest BCUT2D eigenvalue weighted by Crippen LogP contribution is 2.47. The molecule has 126 valence electrons. The third-order valence-electron chi connectivity index (χ3n) is 4.35. The molecular formula is C18H20N2O3S. The highest BCUT2D eigenvalue weighted by Gasteiger charge is 2.45. The Morgan fingerprint density at radius 1 is 1.29 bits per heavy atom. The molecule has 1 amide bonds. The van der Waals surface area contributed by atoms with Crippen LogP contribution in [0.1, 0.15) is 34.6 Å². The first-order valence-electron chi connectivity index (χ1n) is 7.86. The fraction of sp³-hybridized carbons (Fsp3) is 0.333. The molecule has 1 aromatic carbocycles. The zero-order valence-electron chi connectivity index (χ0n) is 13.7. The van der Waals surface area contributed by atoms with Gasteiger partial charge in [0.2, 0.25) is 15.9 Å². The van der Waals surface area contributed by atoms with Crippen LogP contribution in [0.15, 0.2) is 42.7 Å². The average Bonchev–Trinajstić information content (AvgIpc) is 3.32. The maximum Gasteiger partial charge on any atom is 0.239 e. The van der Waals surface area contributed by atoms with Gasteiger partial charge in [0.1, 0.15) is 0 Å². The van der Waals surface area contributed by atoms with E-state index < -0.39 is 15.9 Å². The van der Waals surface area contributed by atoms with E-state index in [1.165, 1.54) is 0 Å². The van der Waals surface area contributed by atoms with Crippen LogP contribution in [0.3, 0.4) is 0 Å². The fourth-order valence-electron chi connectivity index (χ4n) is 2.87. The molecule has 5 nitrogen and oxygen atoms in total. The molecule has 0 spiro atoms. The highest BCUT2D eigenvalue weighted by atomic mass is 32.2. The van der Waals surface area contributed by atoms with E-state index in [1.54, 1.807) is 12.4 Å². The maximum absolute atomic E-state index is 12.3. The Labute approximate surface area is 142 Å². The Hall–Kier alpha value is -2.21. The van der Waals surface area contributed by atoms with Gasteiger partial charge in [-0.2, -0.15) is 0 Å². The second-order valence-corrected chi connectivity index (χ2v) is 8.11. The lowest BCUT2D eigenvalue weighted by molar-refractivity contribution is -0.120.